The van der Waals surface area contributed by atoms with E-state index < -0.39 is 0 Å². The molecule has 0 unspecified atom stereocenters. The third kappa shape index (κ3) is 4.15. The third-order valence-electron chi connectivity index (χ3n) is 4.68. The van der Waals surface area contributed by atoms with Crippen molar-refractivity contribution in [2.45, 2.75) is 51.9 Å². The second kappa shape index (κ2) is 8.38. The Morgan fingerprint density at radius 2 is 2.00 bits per heavy atom. The molecule has 2 aromatic heterocycles. The van der Waals surface area contributed by atoms with Crippen LogP contribution in [0.25, 0.3) is 0 Å². The highest BCUT2D eigenvalue weighted by Gasteiger charge is 2.21. The molecule has 0 spiro atoms. The second-order valence-electron chi connectivity index (χ2n) is 6.34. The molecule has 25 heavy (non-hydrogen) atoms. The average Bonchev–Trinajstić information content (AvgIpc) is 3.11. The molecule has 3 heterocycles. The summed E-state index contributed by atoms with van der Waals surface area (Å²) in [6.07, 6.45) is 7.34. The maximum Gasteiger partial charge on any atom is 0.261 e. The molecule has 3 rings (SSSR count). The van der Waals surface area contributed by atoms with Gasteiger partial charge in [-0.1, -0.05) is 25.2 Å². The Kier molecular flexibility index (Phi) is 5.96. The summed E-state index contributed by atoms with van der Waals surface area (Å²) in [5.41, 5.74) is 0.601. The van der Waals surface area contributed by atoms with Crippen molar-refractivity contribution in [2.75, 3.05) is 23.3 Å². The smallest absolute Gasteiger partial charge is 0.261 e. The lowest BCUT2D eigenvalue weighted by atomic mass is 10.1. The van der Waals surface area contributed by atoms with E-state index in [4.69, 9.17) is 0 Å². The van der Waals surface area contributed by atoms with E-state index in [1.807, 2.05) is 6.07 Å². The number of anilines is 2. The topological polar surface area (TPSA) is 71.0 Å². The van der Waals surface area contributed by atoms with Crippen molar-refractivity contribution in [3.63, 3.8) is 0 Å². The van der Waals surface area contributed by atoms with E-state index in [-0.39, 0.29) is 5.91 Å². The Bertz CT molecular complexity index is 707. The number of nitrogens with zero attached hydrogens (tertiary/aromatic N) is 4. The molecule has 0 radical (unpaired) electrons. The molecule has 1 N–H and O–H groups in total. The Balaban J connectivity index is 1.75. The van der Waals surface area contributed by atoms with Crippen molar-refractivity contribution in [2.24, 2.45) is 0 Å². The molecule has 1 saturated heterocycles. The molecule has 0 bridgehead atoms. The molecule has 0 aliphatic carbocycles. The Hall–Kier alpha value is -2.02. The summed E-state index contributed by atoms with van der Waals surface area (Å²) in [7, 11) is 0. The van der Waals surface area contributed by atoms with Gasteiger partial charge in [0, 0.05) is 25.2 Å². The number of rotatable bonds is 6. The molecular formula is C18H25N5OS. The average molecular weight is 359 g/mol. The minimum absolute atomic E-state index is 0.166. The fourth-order valence-corrected chi connectivity index (χ4v) is 4.19. The van der Waals surface area contributed by atoms with Crippen LogP contribution in [0.15, 0.2) is 18.3 Å². The van der Waals surface area contributed by atoms with E-state index in [9.17, 15) is 4.79 Å². The number of carbonyl (C=O) groups is 1. The van der Waals surface area contributed by atoms with Crippen LogP contribution in [0, 0.1) is 0 Å². The molecule has 6 nitrogen and oxygen atoms in total. The maximum absolute atomic E-state index is 12.8. The Morgan fingerprint density at radius 1 is 1.24 bits per heavy atom. The number of carbonyl (C=O) groups excluding carboxylic acids is 1. The minimum Gasteiger partial charge on any atom is -0.356 e. The van der Waals surface area contributed by atoms with Crippen LogP contribution in [0.1, 0.15) is 67.2 Å². The first-order valence-corrected chi connectivity index (χ1v) is 9.89. The SMILES string of the molecule is CCC(CC)c1nnc(NC(=O)c2cccnc2N2CCCCC2)s1. The first-order chi connectivity index (χ1) is 12.2. The molecule has 1 amide bonds. The van der Waals surface area contributed by atoms with Gasteiger partial charge in [0.25, 0.3) is 5.91 Å². The van der Waals surface area contributed by atoms with Crippen LogP contribution in [-0.2, 0) is 0 Å². The minimum atomic E-state index is -0.166. The van der Waals surface area contributed by atoms with Crippen molar-refractivity contribution in [3.8, 4) is 0 Å². The summed E-state index contributed by atoms with van der Waals surface area (Å²) in [5.74, 6) is 1.01. The highest BCUT2D eigenvalue weighted by molar-refractivity contribution is 7.15. The Morgan fingerprint density at radius 3 is 2.72 bits per heavy atom. The van der Waals surface area contributed by atoms with Crippen LogP contribution in [-0.4, -0.2) is 34.2 Å². The van der Waals surface area contributed by atoms with E-state index in [1.165, 1.54) is 17.8 Å². The summed E-state index contributed by atoms with van der Waals surface area (Å²) >= 11 is 1.47. The van der Waals surface area contributed by atoms with Gasteiger partial charge in [-0.15, -0.1) is 10.2 Å². The van der Waals surface area contributed by atoms with Gasteiger partial charge in [-0.2, -0.15) is 0 Å². The normalized spacial score (nSPS) is 14.8. The molecule has 0 atom stereocenters. The van der Waals surface area contributed by atoms with Crippen molar-refractivity contribution >= 4 is 28.2 Å². The van der Waals surface area contributed by atoms with E-state index in [0.29, 0.717) is 16.6 Å². The van der Waals surface area contributed by atoms with Gasteiger partial charge in [0.15, 0.2) is 0 Å². The lowest BCUT2D eigenvalue weighted by Crippen LogP contribution is -2.32. The number of piperidine rings is 1. The summed E-state index contributed by atoms with van der Waals surface area (Å²) in [6, 6.07) is 3.63. The first-order valence-electron chi connectivity index (χ1n) is 9.07. The van der Waals surface area contributed by atoms with E-state index in [0.717, 1.165) is 49.6 Å². The number of amides is 1. The summed E-state index contributed by atoms with van der Waals surface area (Å²) in [6.45, 7) is 6.20. The first kappa shape index (κ1) is 17.8. The molecule has 134 valence electrons. The zero-order valence-electron chi connectivity index (χ0n) is 14.9. The van der Waals surface area contributed by atoms with Gasteiger partial charge in [0.2, 0.25) is 5.13 Å². The monoisotopic (exact) mass is 359 g/mol. The standard InChI is InChI=1S/C18H25N5OS/c1-3-13(4-2)17-21-22-18(25-17)20-16(24)14-9-8-10-19-15(14)23-11-6-5-7-12-23/h8-10,13H,3-7,11-12H2,1-2H3,(H,20,22,24). The van der Waals surface area contributed by atoms with Gasteiger partial charge in [0.1, 0.15) is 10.8 Å². The van der Waals surface area contributed by atoms with Gasteiger partial charge < -0.3 is 4.90 Å². The van der Waals surface area contributed by atoms with E-state index >= 15 is 0 Å². The summed E-state index contributed by atoms with van der Waals surface area (Å²) in [4.78, 5) is 19.4. The van der Waals surface area contributed by atoms with Crippen LogP contribution >= 0.6 is 11.3 Å². The number of pyridine rings is 1. The van der Waals surface area contributed by atoms with Gasteiger partial charge >= 0.3 is 0 Å². The van der Waals surface area contributed by atoms with Gasteiger partial charge in [-0.05, 0) is 44.2 Å². The number of nitrogens with one attached hydrogen (secondary N) is 1. The van der Waals surface area contributed by atoms with Gasteiger partial charge in [-0.3, -0.25) is 10.1 Å². The number of aromatic nitrogens is 3. The molecule has 1 aliphatic heterocycles. The molecule has 7 heteroatoms. The summed E-state index contributed by atoms with van der Waals surface area (Å²) < 4.78 is 0. The van der Waals surface area contributed by atoms with Crippen LogP contribution in [0.5, 0.6) is 0 Å². The van der Waals surface area contributed by atoms with Gasteiger partial charge in [0.05, 0.1) is 5.56 Å². The molecule has 0 saturated carbocycles. The van der Waals surface area contributed by atoms with E-state index in [1.54, 1.807) is 12.3 Å². The fourth-order valence-electron chi connectivity index (χ4n) is 3.18. The molecular weight excluding hydrogens is 334 g/mol. The molecule has 0 aromatic carbocycles. The maximum atomic E-state index is 12.8. The molecule has 1 fully saturated rings. The summed E-state index contributed by atoms with van der Waals surface area (Å²) in [5, 5.41) is 12.8. The van der Waals surface area contributed by atoms with E-state index in [2.05, 4.69) is 39.2 Å². The van der Waals surface area contributed by atoms with Crippen LogP contribution < -0.4 is 10.2 Å². The van der Waals surface area contributed by atoms with Crippen LogP contribution in [0.3, 0.4) is 0 Å². The Labute approximate surface area is 152 Å². The molecule has 2 aromatic rings. The van der Waals surface area contributed by atoms with Crippen LogP contribution in [0.4, 0.5) is 10.9 Å². The van der Waals surface area contributed by atoms with Crippen molar-refractivity contribution in [1.82, 2.24) is 15.2 Å². The lowest BCUT2D eigenvalue weighted by molar-refractivity contribution is 0.102. The highest BCUT2D eigenvalue weighted by atomic mass is 32.1. The predicted molar refractivity (Wildman–Crippen MR) is 101 cm³/mol. The zero-order chi connectivity index (χ0) is 17.6. The van der Waals surface area contributed by atoms with Crippen molar-refractivity contribution < 1.29 is 4.79 Å². The fraction of sp³-hybridized carbons (Fsp3) is 0.556. The molecule has 1 aliphatic rings. The highest BCUT2D eigenvalue weighted by Crippen LogP contribution is 2.29. The van der Waals surface area contributed by atoms with Crippen LogP contribution in [0.2, 0.25) is 0 Å². The van der Waals surface area contributed by atoms with Gasteiger partial charge in [-0.25, -0.2) is 4.98 Å². The second-order valence-corrected chi connectivity index (χ2v) is 7.34. The predicted octanol–water partition coefficient (Wildman–Crippen LogP) is 4.08. The third-order valence-corrected chi connectivity index (χ3v) is 5.68. The largest absolute Gasteiger partial charge is 0.356 e. The number of hydrogen-bond acceptors (Lipinski definition) is 6. The van der Waals surface area contributed by atoms with Crippen molar-refractivity contribution in [1.29, 1.82) is 0 Å². The lowest BCUT2D eigenvalue weighted by Gasteiger charge is -2.28. The zero-order valence-corrected chi connectivity index (χ0v) is 15.7. The number of hydrogen-bond donors (Lipinski definition) is 1. The van der Waals surface area contributed by atoms with Crippen molar-refractivity contribution in [3.05, 3.63) is 28.9 Å². The quantitative estimate of drug-likeness (QED) is 0.841.